The number of carboxylic acid groups (broad SMARTS) is 1. The molecule has 0 bridgehead atoms. The van der Waals surface area contributed by atoms with Crippen LogP contribution in [0.4, 0.5) is 0 Å². The number of ether oxygens (including phenoxy) is 1. The van der Waals surface area contributed by atoms with Gasteiger partial charge in [0, 0.05) is 18.7 Å². The summed E-state index contributed by atoms with van der Waals surface area (Å²) in [6, 6.07) is 0.706. The molecular weight excluding hydrogens is 194 g/mol. The Kier molecular flexibility index (Phi) is 3.59. The second-order valence-corrected chi connectivity index (χ2v) is 4.50. The van der Waals surface area contributed by atoms with Crippen molar-refractivity contribution in [1.82, 2.24) is 4.90 Å². The van der Waals surface area contributed by atoms with Crippen LogP contribution in [0.2, 0.25) is 0 Å². The summed E-state index contributed by atoms with van der Waals surface area (Å²) >= 11 is 0. The van der Waals surface area contributed by atoms with Crippen molar-refractivity contribution in [2.24, 2.45) is 0 Å². The van der Waals surface area contributed by atoms with Crippen molar-refractivity contribution < 1.29 is 14.6 Å². The standard InChI is InChI=1S/C11H19NO3/c13-11(14)7-9-3-1-2-5-12(9)10-4-6-15-8-10/h9-10H,1-8H2,(H,13,14). The monoisotopic (exact) mass is 213 g/mol. The van der Waals surface area contributed by atoms with Gasteiger partial charge in [-0.05, 0) is 25.8 Å². The minimum Gasteiger partial charge on any atom is -0.481 e. The second kappa shape index (κ2) is 4.94. The lowest BCUT2D eigenvalue weighted by Crippen LogP contribution is -2.47. The quantitative estimate of drug-likeness (QED) is 0.763. The lowest BCUT2D eigenvalue weighted by atomic mass is 9.97. The minimum atomic E-state index is -0.675. The van der Waals surface area contributed by atoms with Crippen LogP contribution in [-0.2, 0) is 9.53 Å². The van der Waals surface area contributed by atoms with E-state index in [9.17, 15) is 4.79 Å². The molecule has 2 aliphatic rings. The molecule has 0 aromatic rings. The van der Waals surface area contributed by atoms with Gasteiger partial charge in [0.25, 0.3) is 0 Å². The number of rotatable bonds is 3. The predicted molar refractivity (Wildman–Crippen MR) is 55.8 cm³/mol. The van der Waals surface area contributed by atoms with Crippen LogP contribution < -0.4 is 0 Å². The first-order valence-corrected chi connectivity index (χ1v) is 5.82. The molecule has 0 spiro atoms. The number of aliphatic carboxylic acids is 1. The Labute approximate surface area is 90.2 Å². The van der Waals surface area contributed by atoms with Crippen molar-refractivity contribution >= 4 is 5.97 Å². The summed E-state index contributed by atoms with van der Waals surface area (Å²) in [5, 5.41) is 8.87. The van der Waals surface area contributed by atoms with Crippen LogP contribution in [0.1, 0.15) is 32.1 Å². The molecule has 2 fully saturated rings. The van der Waals surface area contributed by atoms with Crippen LogP contribution in [-0.4, -0.2) is 47.8 Å². The molecule has 86 valence electrons. The van der Waals surface area contributed by atoms with E-state index >= 15 is 0 Å². The molecule has 0 saturated carbocycles. The molecule has 0 radical (unpaired) electrons. The summed E-state index contributed by atoms with van der Waals surface area (Å²) in [5.41, 5.74) is 0. The van der Waals surface area contributed by atoms with Gasteiger partial charge in [0.05, 0.1) is 13.0 Å². The maximum Gasteiger partial charge on any atom is 0.304 e. The van der Waals surface area contributed by atoms with Gasteiger partial charge in [0.15, 0.2) is 0 Å². The molecule has 2 unspecified atom stereocenters. The first-order chi connectivity index (χ1) is 7.27. The Balaban J connectivity index is 1.95. The van der Waals surface area contributed by atoms with Gasteiger partial charge in [-0.1, -0.05) is 6.42 Å². The van der Waals surface area contributed by atoms with E-state index in [4.69, 9.17) is 9.84 Å². The molecule has 15 heavy (non-hydrogen) atoms. The average Bonchev–Trinajstić information content (AvgIpc) is 2.70. The molecule has 4 nitrogen and oxygen atoms in total. The Morgan fingerprint density at radius 1 is 1.40 bits per heavy atom. The van der Waals surface area contributed by atoms with E-state index in [0.29, 0.717) is 6.04 Å². The largest absolute Gasteiger partial charge is 0.481 e. The van der Waals surface area contributed by atoms with Gasteiger partial charge in [0.1, 0.15) is 0 Å². The Morgan fingerprint density at radius 3 is 2.93 bits per heavy atom. The van der Waals surface area contributed by atoms with Crippen molar-refractivity contribution in [3.8, 4) is 0 Å². The molecule has 0 aromatic carbocycles. The molecule has 0 amide bonds. The molecule has 2 saturated heterocycles. The van der Waals surface area contributed by atoms with Crippen molar-refractivity contribution in [3.63, 3.8) is 0 Å². The number of carboxylic acids is 1. The second-order valence-electron chi connectivity index (χ2n) is 4.50. The zero-order valence-electron chi connectivity index (χ0n) is 9.02. The molecule has 1 N–H and O–H groups in total. The zero-order chi connectivity index (χ0) is 10.7. The molecule has 2 heterocycles. The fourth-order valence-electron chi connectivity index (χ4n) is 2.71. The smallest absolute Gasteiger partial charge is 0.304 e. The minimum absolute atomic E-state index is 0.239. The first kappa shape index (κ1) is 10.9. The maximum absolute atomic E-state index is 10.8. The van der Waals surface area contributed by atoms with Crippen LogP contribution in [0.15, 0.2) is 0 Å². The highest BCUT2D eigenvalue weighted by Gasteiger charge is 2.32. The van der Waals surface area contributed by atoms with Crippen LogP contribution in [0.3, 0.4) is 0 Å². The van der Waals surface area contributed by atoms with Crippen LogP contribution in [0.5, 0.6) is 0 Å². The summed E-state index contributed by atoms with van der Waals surface area (Å²) in [5.74, 6) is -0.675. The highest BCUT2D eigenvalue weighted by Crippen LogP contribution is 2.25. The zero-order valence-corrected chi connectivity index (χ0v) is 9.02. The summed E-state index contributed by atoms with van der Waals surface area (Å²) in [4.78, 5) is 13.1. The molecular formula is C11H19NO3. The Bertz CT molecular complexity index is 226. The van der Waals surface area contributed by atoms with Gasteiger partial charge in [-0.2, -0.15) is 0 Å². The van der Waals surface area contributed by atoms with Gasteiger partial charge >= 0.3 is 5.97 Å². The van der Waals surface area contributed by atoms with E-state index in [1.165, 1.54) is 12.8 Å². The third-order valence-corrected chi connectivity index (χ3v) is 3.46. The SMILES string of the molecule is O=C(O)CC1CCCCN1C1CCOC1. The number of piperidine rings is 1. The van der Waals surface area contributed by atoms with Crippen LogP contribution >= 0.6 is 0 Å². The fraction of sp³-hybridized carbons (Fsp3) is 0.909. The molecule has 2 atom stereocenters. The van der Waals surface area contributed by atoms with E-state index in [1.54, 1.807) is 0 Å². The fourth-order valence-corrected chi connectivity index (χ4v) is 2.71. The summed E-state index contributed by atoms with van der Waals surface area (Å²) < 4.78 is 5.37. The van der Waals surface area contributed by atoms with E-state index in [-0.39, 0.29) is 12.5 Å². The van der Waals surface area contributed by atoms with E-state index in [0.717, 1.165) is 32.6 Å². The number of hydrogen-bond acceptors (Lipinski definition) is 3. The molecule has 0 aromatic heterocycles. The van der Waals surface area contributed by atoms with E-state index in [2.05, 4.69) is 4.90 Å². The highest BCUT2D eigenvalue weighted by atomic mass is 16.5. The maximum atomic E-state index is 10.8. The number of hydrogen-bond donors (Lipinski definition) is 1. The van der Waals surface area contributed by atoms with Gasteiger partial charge in [-0.25, -0.2) is 0 Å². The summed E-state index contributed by atoms with van der Waals surface area (Å²) in [7, 11) is 0. The summed E-state index contributed by atoms with van der Waals surface area (Å²) in [6.07, 6.45) is 4.75. The summed E-state index contributed by atoms with van der Waals surface area (Å²) in [6.45, 7) is 2.67. The third kappa shape index (κ3) is 2.69. The lowest BCUT2D eigenvalue weighted by molar-refractivity contribution is -0.139. The number of carbonyl (C=O) groups is 1. The van der Waals surface area contributed by atoms with Crippen LogP contribution in [0.25, 0.3) is 0 Å². The molecule has 2 aliphatic heterocycles. The van der Waals surface area contributed by atoms with E-state index in [1.807, 2.05) is 0 Å². The highest BCUT2D eigenvalue weighted by molar-refractivity contribution is 5.67. The van der Waals surface area contributed by atoms with Crippen molar-refractivity contribution in [3.05, 3.63) is 0 Å². The van der Waals surface area contributed by atoms with Gasteiger partial charge in [0.2, 0.25) is 0 Å². The van der Waals surface area contributed by atoms with Crippen LogP contribution in [0, 0.1) is 0 Å². The van der Waals surface area contributed by atoms with Gasteiger partial charge in [-0.3, -0.25) is 9.69 Å². The third-order valence-electron chi connectivity index (χ3n) is 3.46. The number of nitrogens with zero attached hydrogens (tertiary/aromatic N) is 1. The van der Waals surface area contributed by atoms with Gasteiger partial charge in [-0.15, -0.1) is 0 Å². The molecule has 0 aliphatic carbocycles. The van der Waals surface area contributed by atoms with Crippen molar-refractivity contribution in [1.29, 1.82) is 0 Å². The topological polar surface area (TPSA) is 49.8 Å². The van der Waals surface area contributed by atoms with Crippen molar-refractivity contribution in [2.75, 3.05) is 19.8 Å². The predicted octanol–water partition coefficient (Wildman–Crippen LogP) is 1.10. The lowest BCUT2D eigenvalue weighted by Gasteiger charge is -2.38. The average molecular weight is 213 g/mol. The molecule has 4 heteroatoms. The molecule has 2 rings (SSSR count). The van der Waals surface area contributed by atoms with E-state index < -0.39 is 5.97 Å². The first-order valence-electron chi connectivity index (χ1n) is 5.82. The van der Waals surface area contributed by atoms with Gasteiger partial charge < -0.3 is 9.84 Å². The number of likely N-dealkylation sites (tertiary alicyclic amines) is 1. The Hall–Kier alpha value is -0.610. The Morgan fingerprint density at radius 2 is 2.27 bits per heavy atom. The normalized spacial score (nSPS) is 33.1. The van der Waals surface area contributed by atoms with Crippen molar-refractivity contribution in [2.45, 2.75) is 44.2 Å².